The SMILES string of the molecule is CCOC(=O)C1CC1C(O)C#Cc1cc(Br)cc(C#N)c1N. The molecule has 0 radical (unpaired) electrons. The molecular formula is C16H15BrN2O3. The number of carbonyl (C=O) groups excluding carboxylic acids is 1. The molecule has 3 unspecified atom stereocenters. The van der Waals surface area contributed by atoms with E-state index >= 15 is 0 Å². The lowest BCUT2D eigenvalue weighted by molar-refractivity contribution is -0.145. The molecule has 3 N–H and O–H groups in total. The number of nitrogen functional groups attached to an aromatic ring is 1. The Morgan fingerprint density at radius 2 is 2.27 bits per heavy atom. The molecule has 1 aromatic rings. The van der Waals surface area contributed by atoms with Crippen LogP contribution >= 0.6 is 15.9 Å². The zero-order valence-electron chi connectivity index (χ0n) is 12.0. The van der Waals surface area contributed by atoms with Crippen molar-refractivity contribution in [1.29, 1.82) is 5.26 Å². The van der Waals surface area contributed by atoms with Gasteiger partial charge >= 0.3 is 5.97 Å². The van der Waals surface area contributed by atoms with E-state index < -0.39 is 6.10 Å². The van der Waals surface area contributed by atoms with E-state index in [2.05, 4.69) is 27.8 Å². The number of esters is 1. The van der Waals surface area contributed by atoms with E-state index in [9.17, 15) is 9.90 Å². The van der Waals surface area contributed by atoms with Crippen LogP contribution in [0.3, 0.4) is 0 Å². The van der Waals surface area contributed by atoms with E-state index in [1.54, 1.807) is 19.1 Å². The van der Waals surface area contributed by atoms with Crippen molar-refractivity contribution in [3.63, 3.8) is 0 Å². The van der Waals surface area contributed by atoms with Crippen LogP contribution < -0.4 is 5.73 Å². The fourth-order valence-corrected chi connectivity index (χ4v) is 2.61. The van der Waals surface area contributed by atoms with E-state index in [1.807, 2.05) is 6.07 Å². The van der Waals surface area contributed by atoms with Gasteiger partial charge in [-0.2, -0.15) is 5.26 Å². The average molecular weight is 363 g/mol. The summed E-state index contributed by atoms with van der Waals surface area (Å²) in [6.07, 6.45) is -0.343. The predicted octanol–water partition coefficient (Wildman–Crippen LogP) is 1.81. The molecule has 5 nitrogen and oxygen atoms in total. The van der Waals surface area contributed by atoms with E-state index in [0.29, 0.717) is 28.6 Å². The Kier molecular flexibility index (Phi) is 5.07. The lowest BCUT2D eigenvalue weighted by Gasteiger charge is -2.04. The number of anilines is 1. The average Bonchev–Trinajstić information content (AvgIpc) is 3.28. The number of carbonyl (C=O) groups is 1. The number of benzene rings is 1. The smallest absolute Gasteiger partial charge is 0.309 e. The first-order chi connectivity index (χ1) is 10.5. The summed E-state index contributed by atoms with van der Waals surface area (Å²) < 4.78 is 5.60. The maximum absolute atomic E-state index is 11.5. The highest BCUT2D eigenvalue weighted by atomic mass is 79.9. The molecule has 0 aromatic heterocycles. The van der Waals surface area contributed by atoms with Gasteiger partial charge in [0.15, 0.2) is 0 Å². The molecule has 1 fully saturated rings. The Morgan fingerprint density at radius 1 is 1.59 bits per heavy atom. The maximum Gasteiger partial charge on any atom is 0.309 e. The van der Waals surface area contributed by atoms with Crippen LogP contribution in [0.4, 0.5) is 5.69 Å². The molecule has 6 heteroatoms. The van der Waals surface area contributed by atoms with Crippen LogP contribution in [0.2, 0.25) is 0 Å². The van der Waals surface area contributed by atoms with Crippen molar-refractivity contribution in [2.45, 2.75) is 19.4 Å². The van der Waals surface area contributed by atoms with Gasteiger partial charge < -0.3 is 15.6 Å². The molecule has 2 rings (SSSR count). The molecule has 0 saturated heterocycles. The van der Waals surface area contributed by atoms with E-state index in [-0.39, 0.29) is 23.5 Å². The van der Waals surface area contributed by atoms with Gasteiger partial charge in [0.1, 0.15) is 12.2 Å². The topological polar surface area (TPSA) is 96.3 Å². The van der Waals surface area contributed by atoms with Gasteiger partial charge in [0, 0.05) is 10.4 Å². The number of nitriles is 1. The first-order valence-corrected chi connectivity index (χ1v) is 7.62. The molecular weight excluding hydrogens is 348 g/mol. The molecule has 1 aromatic carbocycles. The van der Waals surface area contributed by atoms with Crippen molar-refractivity contribution in [2.24, 2.45) is 11.8 Å². The van der Waals surface area contributed by atoms with Gasteiger partial charge in [0.2, 0.25) is 0 Å². The van der Waals surface area contributed by atoms with Crippen molar-refractivity contribution in [2.75, 3.05) is 12.3 Å². The van der Waals surface area contributed by atoms with Crippen molar-refractivity contribution in [3.8, 4) is 17.9 Å². The van der Waals surface area contributed by atoms with E-state index in [0.717, 1.165) is 0 Å². The Labute approximate surface area is 137 Å². The minimum absolute atomic E-state index is 0.199. The second kappa shape index (κ2) is 6.83. The molecule has 1 aliphatic rings. The minimum Gasteiger partial charge on any atom is -0.466 e. The summed E-state index contributed by atoms with van der Waals surface area (Å²) in [6.45, 7) is 2.07. The number of aliphatic hydroxyl groups is 1. The molecule has 22 heavy (non-hydrogen) atoms. The Morgan fingerprint density at radius 3 is 2.91 bits per heavy atom. The summed E-state index contributed by atoms with van der Waals surface area (Å²) in [5, 5.41) is 19.0. The summed E-state index contributed by atoms with van der Waals surface area (Å²) in [7, 11) is 0. The zero-order valence-corrected chi connectivity index (χ0v) is 13.6. The van der Waals surface area contributed by atoms with Crippen molar-refractivity contribution < 1.29 is 14.6 Å². The highest BCUT2D eigenvalue weighted by molar-refractivity contribution is 9.10. The van der Waals surface area contributed by atoms with Gasteiger partial charge in [0.05, 0.1) is 29.3 Å². The highest BCUT2D eigenvalue weighted by Crippen LogP contribution is 2.42. The molecule has 0 aliphatic heterocycles. The summed E-state index contributed by atoms with van der Waals surface area (Å²) in [5.41, 5.74) is 6.93. The second-order valence-corrected chi connectivity index (χ2v) is 5.91. The Balaban J connectivity index is 2.10. The largest absolute Gasteiger partial charge is 0.466 e. The molecule has 0 amide bonds. The van der Waals surface area contributed by atoms with Gasteiger partial charge in [-0.3, -0.25) is 4.79 Å². The van der Waals surface area contributed by atoms with Crippen LogP contribution in [0.25, 0.3) is 0 Å². The fourth-order valence-electron chi connectivity index (χ4n) is 2.16. The third-order valence-corrected chi connectivity index (χ3v) is 3.91. The summed E-state index contributed by atoms with van der Waals surface area (Å²) >= 11 is 3.28. The summed E-state index contributed by atoms with van der Waals surface area (Å²) in [4.78, 5) is 11.5. The summed E-state index contributed by atoms with van der Waals surface area (Å²) in [5.74, 6) is 4.71. The van der Waals surface area contributed by atoms with Crippen molar-refractivity contribution in [3.05, 3.63) is 27.7 Å². The Bertz CT molecular complexity index is 700. The van der Waals surface area contributed by atoms with Gasteiger partial charge in [-0.25, -0.2) is 0 Å². The number of nitrogens with zero attached hydrogens (tertiary/aromatic N) is 1. The van der Waals surface area contributed by atoms with Crippen LogP contribution in [0.15, 0.2) is 16.6 Å². The number of hydrogen-bond acceptors (Lipinski definition) is 5. The second-order valence-electron chi connectivity index (χ2n) is 5.00. The summed E-state index contributed by atoms with van der Waals surface area (Å²) in [6, 6.07) is 5.28. The number of rotatable bonds is 3. The number of ether oxygens (including phenoxy) is 1. The van der Waals surface area contributed by atoms with Gasteiger partial charge in [-0.05, 0) is 25.5 Å². The molecule has 0 bridgehead atoms. The maximum atomic E-state index is 11.5. The molecule has 1 saturated carbocycles. The lowest BCUT2D eigenvalue weighted by Crippen LogP contribution is -2.14. The van der Waals surface area contributed by atoms with Crippen LogP contribution in [0.1, 0.15) is 24.5 Å². The first-order valence-electron chi connectivity index (χ1n) is 6.83. The third-order valence-electron chi connectivity index (χ3n) is 3.45. The molecule has 114 valence electrons. The standard InChI is InChI=1S/C16H15BrN2O3/c1-2-22-16(21)13-7-12(13)14(20)4-3-9-5-11(17)6-10(8-18)15(9)19/h5-6,12-14,20H,2,7,19H2,1H3. The minimum atomic E-state index is -0.918. The first kappa shape index (κ1) is 16.4. The molecule has 1 aliphatic carbocycles. The van der Waals surface area contributed by atoms with Crippen molar-refractivity contribution >= 4 is 27.6 Å². The monoisotopic (exact) mass is 362 g/mol. The van der Waals surface area contributed by atoms with Crippen LogP contribution in [-0.4, -0.2) is 23.8 Å². The number of aliphatic hydroxyl groups excluding tert-OH is 1. The fraction of sp³-hybridized carbons (Fsp3) is 0.375. The molecule has 0 heterocycles. The molecule has 3 atom stereocenters. The zero-order chi connectivity index (χ0) is 16.3. The van der Waals surface area contributed by atoms with Gasteiger partial charge in [-0.15, -0.1) is 0 Å². The van der Waals surface area contributed by atoms with Gasteiger partial charge in [0.25, 0.3) is 0 Å². The quantitative estimate of drug-likeness (QED) is 0.485. The predicted molar refractivity (Wildman–Crippen MR) is 84.4 cm³/mol. The Hall–Kier alpha value is -2.02. The molecule has 0 spiro atoms. The number of nitrogens with two attached hydrogens (primary N) is 1. The van der Waals surface area contributed by atoms with Crippen LogP contribution in [-0.2, 0) is 9.53 Å². The van der Waals surface area contributed by atoms with E-state index in [4.69, 9.17) is 15.7 Å². The highest BCUT2D eigenvalue weighted by Gasteiger charge is 2.48. The van der Waals surface area contributed by atoms with Gasteiger partial charge in [-0.1, -0.05) is 27.8 Å². The van der Waals surface area contributed by atoms with E-state index in [1.165, 1.54) is 0 Å². The number of hydrogen-bond donors (Lipinski definition) is 2. The van der Waals surface area contributed by atoms with Crippen LogP contribution in [0.5, 0.6) is 0 Å². The normalized spacial score (nSPS) is 20.3. The lowest BCUT2D eigenvalue weighted by atomic mass is 10.1. The number of halogens is 1. The van der Waals surface area contributed by atoms with Crippen molar-refractivity contribution in [1.82, 2.24) is 0 Å². The van der Waals surface area contributed by atoms with Crippen LogP contribution in [0, 0.1) is 35.0 Å². The third kappa shape index (κ3) is 3.59.